The Labute approximate surface area is 234 Å². The zero-order valence-electron chi connectivity index (χ0n) is 20.5. The zero-order chi connectivity index (χ0) is 24.9. The molecule has 0 bridgehead atoms. The molecule has 0 saturated carbocycles. The van der Waals surface area contributed by atoms with Crippen LogP contribution in [0.5, 0.6) is 5.75 Å². The van der Waals surface area contributed by atoms with Gasteiger partial charge in [0.1, 0.15) is 11.6 Å². The molecule has 186 valence electrons. The van der Waals surface area contributed by atoms with Gasteiger partial charge in [-0.2, -0.15) is 0 Å². The van der Waals surface area contributed by atoms with Gasteiger partial charge in [-0.05, 0) is 35.0 Å². The van der Waals surface area contributed by atoms with Gasteiger partial charge in [-0.25, -0.2) is 4.98 Å². The molecule has 0 fully saturated rings. The molecule has 0 aliphatic carbocycles. The van der Waals surface area contributed by atoms with E-state index >= 15 is 0 Å². The summed E-state index contributed by atoms with van der Waals surface area (Å²) in [4.78, 5) is 9.83. The minimum Gasteiger partial charge on any atom is -0.507 e. The minimum absolute atomic E-state index is 0. The summed E-state index contributed by atoms with van der Waals surface area (Å²) in [5, 5.41) is 15.0. The van der Waals surface area contributed by atoms with Crippen LogP contribution >= 0.6 is 0 Å². The molecule has 38 heavy (non-hydrogen) atoms. The van der Waals surface area contributed by atoms with E-state index in [0.717, 1.165) is 60.8 Å². The Balaban J connectivity index is 0.00000264. The molecule has 0 atom stereocenters. The summed E-state index contributed by atoms with van der Waals surface area (Å²) in [7, 11) is 1.98. The number of hydrogen-bond donors (Lipinski definition) is 1. The van der Waals surface area contributed by atoms with Crippen LogP contribution in [0.1, 0.15) is 0 Å². The predicted octanol–water partition coefficient (Wildman–Crippen LogP) is 7.78. The molecule has 0 amide bonds. The van der Waals surface area contributed by atoms with E-state index in [9.17, 15) is 5.11 Å². The van der Waals surface area contributed by atoms with Crippen LogP contribution in [0, 0.1) is 6.07 Å². The second kappa shape index (κ2) is 9.55. The Morgan fingerprint density at radius 2 is 1.45 bits per heavy atom. The number of rotatable bonds is 3. The Morgan fingerprint density at radius 3 is 2.29 bits per heavy atom. The number of nitrogens with zero attached hydrogens (tertiary/aromatic N) is 3. The molecule has 1 N–H and O–H groups in total. The van der Waals surface area contributed by atoms with Crippen LogP contribution in [0.4, 0.5) is 0 Å². The number of fused-ring (bicyclic) bond motifs is 3. The number of para-hydroxylation sites is 2. The maximum absolute atomic E-state index is 10.5. The molecule has 5 heteroatoms. The Morgan fingerprint density at radius 1 is 0.737 bits per heavy atom. The first-order valence-corrected chi connectivity index (χ1v) is 12.2. The zero-order valence-corrected chi connectivity index (χ0v) is 22.8. The van der Waals surface area contributed by atoms with Gasteiger partial charge in [-0.3, -0.25) is 4.98 Å². The van der Waals surface area contributed by atoms with Gasteiger partial charge >= 0.3 is 0 Å². The number of pyridine rings is 1. The molecule has 2 heterocycles. The first-order chi connectivity index (χ1) is 18.2. The van der Waals surface area contributed by atoms with Gasteiger partial charge in [-0.1, -0.05) is 94.7 Å². The van der Waals surface area contributed by atoms with Crippen molar-refractivity contribution in [2.24, 2.45) is 7.05 Å². The van der Waals surface area contributed by atoms with E-state index in [0.29, 0.717) is 5.56 Å². The number of aromatic hydroxyl groups is 1. The average Bonchev–Trinajstić information content (AvgIpc) is 3.28. The van der Waals surface area contributed by atoms with Crippen molar-refractivity contribution in [2.45, 2.75) is 0 Å². The summed E-state index contributed by atoms with van der Waals surface area (Å²) in [5.41, 5.74) is 6.39. The molecule has 0 saturated heterocycles. The Bertz CT molecular complexity index is 1970. The van der Waals surface area contributed by atoms with E-state index < -0.39 is 0 Å². The summed E-state index contributed by atoms with van der Waals surface area (Å²) in [6.07, 6.45) is 1.87. The first kappa shape index (κ1) is 24.1. The van der Waals surface area contributed by atoms with Gasteiger partial charge in [0.2, 0.25) is 0 Å². The first-order valence-electron chi connectivity index (χ1n) is 12.2. The van der Waals surface area contributed by atoms with Gasteiger partial charge in [0.05, 0.1) is 16.6 Å². The molecule has 7 rings (SSSR count). The summed E-state index contributed by atoms with van der Waals surface area (Å²) < 4.78 is 2.03. The molecule has 7 aromatic rings. The van der Waals surface area contributed by atoms with Crippen LogP contribution in [-0.2, 0) is 28.1 Å². The minimum atomic E-state index is 0. The van der Waals surface area contributed by atoms with Crippen molar-refractivity contribution >= 4 is 32.6 Å². The number of phenolic OH excluding ortho intramolecular Hbond substituents is 1. The third kappa shape index (κ3) is 3.81. The molecule has 0 radical (unpaired) electrons. The number of benzene rings is 5. The van der Waals surface area contributed by atoms with Crippen LogP contribution in [0.3, 0.4) is 0 Å². The van der Waals surface area contributed by atoms with Crippen molar-refractivity contribution in [1.29, 1.82) is 0 Å². The quantitative estimate of drug-likeness (QED) is 0.195. The fraction of sp³-hybridized carbons (Fsp3) is 0.0303. The van der Waals surface area contributed by atoms with Crippen LogP contribution in [0.25, 0.3) is 66.4 Å². The fourth-order valence-electron chi connectivity index (χ4n) is 5.23. The molecular weight excluding hydrogens is 649 g/mol. The third-order valence-electron chi connectivity index (χ3n) is 7.05. The molecule has 4 nitrogen and oxygen atoms in total. The van der Waals surface area contributed by atoms with Gasteiger partial charge in [0.15, 0.2) is 0 Å². The molecule has 5 aromatic carbocycles. The van der Waals surface area contributed by atoms with Crippen molar-refractivity contribution < 1.29 is 26.2 Å². The summed E-state index contributed by atoms with van der Waals surface area (Å²) in [5.74, 6) is 0.932. The standard InChI is InChI=1S/C33H22N3O.Pt/c1-36-29-15-8-14-26(32(29)35-33(36)27-13-6-7-16-30(27)37)23-19-22-10-3-4-11-24(22)28(20-23)31-25-12-5-2-9-21(25)17-18-34-31;/h2-19,37H,1H3;/q-1;. The van der Waals surface area contributed by atoms with Crippen LogP contribution in [0.2, 0.25) is 0 Å². The van der Waals surface area contributed by atoms with Crippen LogP contribution < -0.4 is 0 Å². The van der Waals surface area contributed by atoms with Crippen LogP contribution in [0.15, 0.2) is 109 Å². The van der Waals surface area contributed by atoms with Crippen molar-refractivity contribution in [3.05, 3.63) is 115 Å². The van der Waals surface area contributed by atoms with E-state index in [1.54, 1.807) is 6.07 Å². The fourth-order valence-corrected chi connectivity index (χ4v) is 5.23. The Hall–Kier alpha value is -4.27. The number of imidazole rings is 1. The number of hydrogen-bond acceptors (Lipinski definition) is 3. The molecule has 2 aromatic heterocycles. The van der Waals surface area contributed by atoms with E-state index in [-0.39, 0.29) is 26.8 Å². The molecule has 0 aliphatic rings. The topological polar surface area (TPSA) is 50.9 Å². The molecular formula is C33H22N3OPt-. The maximum atomic E-state index is 10.5. The largest absolute Gasteiger partial charge is 0.507 e. The van der Waals surface area contributed by atoms with Crippen LogP contribution in [-0.4, -0.2) is 19.6 Å². The maximum Gasteiger partial charge on any atom is 0.143 e. The molecule has 0 aliphatic heterocycles. The third-order valence-corrected chi connectivity index (χ3v) is 7.05. The van der Waals surface area contributed by atoms with Gasteiger partial charge in [-0.15, -0.1) is 17.7 Å². The number of aryl methyl sites for hydroxylation is 1. The second-order valence-corrected chi connectivity index (χ2v) is 9.21. The average molecular weight is 672 g/mol. The van der Waals surface area contributed by atoms with E-state index in [1.165, 1.54) is 0 Å². The number of phenols is 1. The van der Waals surface area contributed by atoms with E-state index in [4.69, 9.17) is 9.97 Å². The van der Waals surface area contributed by atoms with Crippen molar-refractivity contribution in [3.8, 4) is 39.5 Å². The molecule has 0 unspecified atom stereocenters. The van der Waals surface area contributed by atoms with Crippen molar-refractivity contribution in [1.82, 2.24) is 14.5 Å². The number of aromatic nitrogens is 3. The summed E-state index contributed by atoms with van der Waals surface area (Å²) in [6.45, 7) is 0. The van der Waals surface area contributed by atoms with Gasteiger partial charge in [0, 0.05) is 40.0 Å². The van der Waals surface area contributed by atoms with Gasteiger partial charge in [0.25, 0.3) is 0 Å². The van der Waals surface area contributed by atoms with E-state index in [2.05, 4.69) is 66.7 Å². The molecule has 0 spiro atoms. The predicted molar refractivity (Wildman–Crippen MR) is 150 cm³/mol. The summed E-state index contributed by atoms with van der Waals surface area (Å²) >= 11 is 0. The monoisotopic (exact) mass is 671 g/mol. The van der Waals surface area contributed by atoms with Gasteiger partial charge < -0.3 is 9.67 Å². The second-order valence-electron chi connectivity index (χ2n) is 9.21. The normalized spacial score (nSPS) is 11.2. The van der Waals surface area contributed by atoms with Crippen molar-refractivity contribution in [3.63, 3.8) is 0 Å². The van der Waals surface area contributed by atoms with E-state index in [1.807, 2.05) is 54.2 Å². The SMILES string of the molecule is Cn1c(-c2ccccc2O)nc2c(-c3[c-]c(-c4nccc5ccccc45)c4ccccc4c3)cccc21.[Pt]. The smallest absolute Gasteiger partial charge is 0.143 e. The summed E-state index contributed by atoms with van der Waals surface area (Å²) in [6, 6.07) is 38.2. The Kier molecular flexibility index (Phi) is 6.06. The van der Waals surface area contributed by atoms with Crippen molar-refractivity contribution in [2.75, 3.05) is 0 Å².